The number of nitrogens with zero attached hydrogens (tertiary/aromatic N) is 2. The zero-order chi connectivity index (χ0) is 15.8. The number of hydrogen-bond donors (Lipinski definition) is 0. The normalized spacial score (nSPS) is 17.8. The van der Waals surface area contributed by atoms with Gasteiger partial charge >= 0.3 is 0 Å². The van der Waals surface area contributed by atoms with Crippen LogP contribution in [0.2, 0.25) is 4.34 Å². The molecule has 1 aromatic heterocycles. The predicted molar refractivity (Wildman–Crippen MR) is 78.1 cm³/mol. The molecule has 2 heterocycles. The summed E-state index contributed by atoms with van der Waals surface area (Å²) >= 11 is 6.38. The van der Waals surface area contributed by atoms with Gasteiger partial charge in [-0.25, -0.2) is 8.42 Å². The van der Waals surface area contributed by atoms with E-state index in [-0.39, 0.29) is 33.3 Å². The molecule has 1 aliphatic rings. The summed E-state index contributed by atoms with van der Waals surface area (Å²) in [6, 6.07) is 0.986. The van der Waals surface area contributed by atoms with Crippen molar-refractivity contribution >= 4 is 44.4 Å². The highest BCUT2D eigenvalue weighted by Gasteiger charge is 2.34. The van der Waals surface area contributed by atoms with E-state index >= 15 is 0 Å². The summed E-state index contributed by atoms with van der Waals surface area (Å²) in [4.78, 5) is 21.3. The number of nitro groups is 1. The molecule has 1 saturated heterocycles. The van der Waals surface area contributed by atoms with Crippen LogP contribution in [-0.2, 0) is 14.8 Å². The van der Waals surface area contributed by atoms with Crippen LogP contribution in [0.5, 0.6) is 0 Å². The first kappa shape index (κ1) is 16.3. The average Bonchev–Trinajstić information content (AvgIpc) is 2.82. The van der Waals surface area contributed by atoms with Crippen molar-refractivity contribution in [2.24, 2.45) is 5.92 Å². The molecule has 0 atom stereocenters. The molecule has 0 aliphatic carbocycles. The summed E-state index contributed by atoms with van der Waals surface area (Å²) in [5.74, 6) is -0.0560. The van der Waals surface area contributed by atoms with Gasteiger partial charge in [-0.1, -0.05) is 11.6 Å². The summed E-state index contributed by atoms with van der Waals surface area (Å²) in [5, 5.41) is 10.7. The van der Waals surface area contributed by atoms with Crippen LogP contribution in [0.1, 0.15) is 19.8 Å². The standard InChI is InChI=1S/C11H13ClN2O5S2/c1-7(15)8-2-4-13(5-3-8)21(18,19)10-6-9(14(16)17)11(12)20-10/h6,8H,2-5H2,1H3. The van der Waals surface area contributed by atoms with E-state index in [2.05, 4.69) is 0 Å². The highest BCUT2D eigenvalue weighted by molar-refractivity contribution is 7.91. The van der Waals surface area contributed by atoms with Crippen LogP contribution >= 0.6 is 22.9 Å². The Kier molecular flexibility index (Phi) is 4.66. The Morgan fingerprint density at radius 1 is 1.48 bits per heavy atom. The minimum absolute atomic E-state index is 0.0573. The third-order valence-corrected chi connectivity index (χ3v) is 7.15. The number of carbonyl (C=O) groups excluding carboxylic acids is 1. The summed E-state index contributed by atoms with van der Waals surface area (Å²) in [7, 11) is -3.79. The fourth-order valence-corrected chi connectivity index (χ4v) is 5.51. The van der Waals surface area contributed by atoms with E-state index in [1.807, 2.05) is 0 Å². The Balaban J connectivity index is 2.21. The molecule has 0 unspecified atom stereocenters. The molecule has 0 aromatic carbocycles. The monoisotopic (exact) mass is 352 g/mol. The fraction of sp³-hybridized carbons (Fsp3) is 0.545. The molecule has 0 spiro atoms. The molecule has 1 fully saturated rings. The second-order valence-electron chi connectivity index (χ2n) is 4.77. The Labute approximate surface area is 130 Å². The first-order valence-corrected chi connectivity index (χ1v) is 8.81. The lowest BCUT2D eigenvalue weighted by Gasteiger charge is -2.29. The van der Waals surface area contributed by atoms with Crippen LogP contribution in [0.25, 0.3) is 0 Å². The number of piperidine rings is 1. The number of sulfonamides is 1. The summed E-state index contributed by atoms with van der Waals surface area (Å²) in [6.07, 6.45) is 0.936. The van der Waals surface area contributed by atoms with E-state index in [1.165, 1.54) is 11.2 Å². The van der Waals surface area contributed by atoms with Crippen LogP contribution in [0.3, 0.4) is 0 Å². The predicted octanol–water partition coefficient (Wildman–Crippen LogP) is 2.30. The highest BCUT2D eigenvalue weighted by atomic mass is 35.5. The number of rotatable bonds is 4. The van der Waals surface area contributed by atoms with Crippen LogP contribution in [0.4, 0.5) is 5.69 Å². The minimum Gasteiger partial charge on any atom is -0.300 e. The van der Waals surface area contributed by atoms with Gasteiger partial charge in [0.1, 0.15) is 9.99 Å². The maximum Gasteiger partial charge on any atom is 0.300 e. The van der Waals surface area contributed by atoms with Crippen LogP contribution in [-0.4, -0.2) is 36.5 Å². The molecule has 0 radical (unpaired) electrons. The van der Waals surface area contributed by atoms with Crippen molar-refractivity contribution in [2.75, 3.05) is 13.1 Å². The molecule has 7 nitrogen and oxygen atoms in total. The fourth-order valence-electron chi connectivity index (χ4n) is 2.22. The van der Waals surface area contributed by atoms with Crippen molar-refractivity contribution in [1.29, 1.82) is 0 Å². The SMILES string of the molecule is CC(=O)C1CCN(S(=O)(=O)c2cc([N+](=O)[O-])c(Cl)s2)CC1. The molecule has 2 rings (SSSR count). The van der Waals surface area contributed by atoms with Crippen LogP contribution in [0, 0.1) is 16.0 Å². The molecule has 0 saturated carbocycles. The van der Waals surface area contributed by atoms with Gasteiger partial charge in [-0.05, 0) is 19.8 Å². The maximum absolute atomic E-state index is 12.4. The molecular formula is C11H13ClN2O5S2. The Morgan fingerprint density at radius 3 is 2.48 bits per heavy atom. The van der Waals surface area contributed by atoms with Gasteiger partial charge in [-0.2, -0.15) is 4.31 Å². The van der Waals surface area contributed by atoms with Crippen molar-refractivity contribution in [3.63, 3.8) is 0 Å². The average molecular weight is 353 g/mol. The smallest absolute Gasteiger partial charge is 0.300 e. The van der Waals surface area contributed by atoms with E-state index < -0.39 is 20.6 Å². The molecule has 0 amide bonds. The summed E-state index contributed by atoms with van der Waals surface area (Å²) in [6.45, 7) is 1.96. The van der Waals surface area contributed by atoms with Crippen molar-refractivity contribution < 1.29 is 18.1 Å². The molecule has 21 heavy (non-hydrogen) atoms. The molecular weight excluding hydrogens is 340 g/mol. The summed E-state index contributed by atoms with van der Waals surface area (Å²) in [5.41, 5.74) is -0.404. The molecule has 116 valence electrons. The van der Waals surface area contributed by atoms with Crippen molar-refractivity contribution in [2.45, 2.75) is 24.0 Å². The second-order valence-corrected chi connectivity index (χ2v) is 8.59. The van der Waals surface area contributed by atoms with Gasteiger partial charge in [0, 0.05) is 25.1 Å². The van der Waals surface area contributed by atoms with E-state index in [4.69, 9.17) is 11.6 Å². The van der Waals surface area contributed by atoms with Gasteiger partial charge in [0.2, 0.25) is 0 Å². The van der Waals surface area contributed by atoms with Gasteiger partial charge < -0.3 is 0 Å². The molecule has 1 aromatic rings. The first-order valence-electron chi connectivity index (χ1n) is 6.18. The zero-order valence-corrected chi connectivity index (χ0v) is 13.5. The quantitative estimate of drug-likeness (QED) is 0.611. The third-order valence-electron chi connectivity index (χ3n) is 3.47. The van der Waals surface area contributed by atoms with Crippen molar-refractivity contribution in [3.05, 3.63) is 20.5 Å². The number of ketones is 1. The Bertz CT molecular complexity index is 677. The first-order chi connectivity index (χ1) is 9.73. The van der Waals surface area contributed by atoms with Gasteiger partial charge in [-0.3, -0.25) is 14.9 Å². The van der Waals surface area contributed by atoms with Crippen LogP contribution in [0.15, 0.2) is 10.3 Å². The van der Waals surface area contributed by atoms with Gasteiger partial charge in [0.15, 0.2) is 4.34 Å². The molecule has 0 N–H and O–H groups in total. The lowest BCUT2D eigenvalue weighted by Crippen LogP contribution is -2.39. The Morgan fingerprint density at radius 2 is 2.05 bits per heavy atom. The number of hydrogen-bond acceptors (Lipinski definition) is 6. The van der Waals surface area contributed by atoms with Gasteiger partial charge in [0.25, 0.3) is 15.7 Å². The lowest BCUT2D eigenvalue weighted by molar-refractivity contribution is -0.384. The van der Waals surface area contributed by atoms with E-state index in [0.717, 1.165) is 6.07 Å². The largest absolute Gasteiger partial charge is 0.300 e. The minimum atomic E-state index is -3.79. The topological polar surface area (TPSA) is 97.6 Å². The number of thiophene rings is 1. The molecule has 10 heteroatoms. The molecule has 0 bridgehead atoms. The van der Waals surface area contributed by atoms with Gasteiger partial charge in [0.05, 0.1) is 4.92 Å². The number of carbonyl (C=O) groups is 1. The van der Waals surface area contributed by atoms with E-state index in [0.29, 0.717) is 24.2 Å². The highest BCUT2D eigenvalue weighted by Crippen LogP contribution is 2.38. The lowest BCUT2D eigenvalue weighted by atomic mass is 9.95. The van der Waals surface area contributed by atoms with Crippen LogP contribution < -0.4 is 0 Å². The number of halogens is 1. The van der Waals surface area contributed by atoms with Gasteiger partial charge in [-0.15, -0.1) is 11.3 Å². The zero-order valence-electron chi connectivity index (χ0n) is 11.1. The maximum atomic E-state index is 12.4. The third kappa shape index (κ3) is 3.25. The van der Waals surface area contributed by atoms with E-state index in [9.17, 15) is 23.3 Å². The number of Topliss-reactive ketones (excluding diaryl/α,β-unsaturated/α-hetero) is 1. The second kappa shape index (κ2) is 5.99. The van der Waals surface area contributed by atoms with Crippen molar-refractivity contribution in [1.82, 2.24) is 4.31 Å². The molecule has 1 aliphatic heterocycles. The van der Waals surface area contributed by atoms with Crippen molar-refractivity contribution in [3.8, 4) is 0 Å². The summed E-state index contributed by atoms with van der Waals surface area (Å²) < 4.78 is 25.8. The van der Waals surface area contributed by atoms with E-state index in [1.54, 1.807) is 0 Å². The Hall–Kier alpha value is -1.03.